The summed E-state index contributed by atoms with van der Waals surface area (Å²) in [7, 11) is 1.54. The van der Waals surface area contributed by atoms with Gasteiger partial charge in [0, 0.05) is 43.2 Å². The molecular formula is C39H54N2O10. The standard InChI is InChI=1S/C39H54N2O10/c1-10-23(11-2)34(45)41-30(24-15-13-12-14-16-24)31(44)35(46)49-26-19-39(47)33(51-40-9)32-37(8,27(42)17-25(22(26)5)36(39,6)7)28(43)18-29-38(32,20-48-29)50-21(3)4/h10,12-16,26,28-33,40,43-44,47H,3,11,17-20H2,1-2,4-9H3,(H,41,45)/b23-10+/t26?,28-,29?,30?,31?,32?,33?,37+,38?,39+/m0/s1. The van der Waals surface area contributed by atoms with Crippen molar-refractivity contribution in [2.45, 2.75) is 122 Å². The van der Waals surface area contributed by atoms with Gasteiger partial charge in [-0.05, 0) is 45.3 Å². The van der Waals surface area contributed by atoms with E-state index in [0.717, 1.165) is 0 Å². The highest BCUT2D eigenvalue weighted by atomic mass is 16.7. The SMILES string of the molecule is C=C(C)OC12COC1C[C@H](O)[C@@]1(C)C(=O)CC3=C(C)C(OC(=O)C(O)C(NC(=O)/C(=C/C)CC)c4ccccc4)C[C@@](O)(C(ONC)C21)C3(C)C. The second-order valence-corrected chi connectivity index (χ2v) is 15.2. The molecule has 4 aliphatic rings. The fourth-order valence-electron chi connectivity index (χ4n) is 9.10. The third-order valence-corrected chi connectivity index (χ3v) is 12.3. The highest BCUT2D eigenvalue weighted by Crippen LogP contribution is 2.64. The summed E-state index contributed by atoms with van der Waals surface area (Å²) in [4.78, 5) is 48.0. The van der Waals surface area contributed by atoms with Gasteiger partial charge in [-0.25, -0.2) is 10.3 Å². The predicted molar refractivity (Wildman–Crippen MR) is 187 cm³/mol. The van der Waals surface area contributed by atoms with Crippen molar-refractivity contribution >= 4 is 17.7 Å². The summed E-state index contributed by atoms with van der Waals surface area (Å²) in [5, 5.41) is 39.2. The Morgan fingerprint density at radius 2 is 1.86 bits per heavy atom. The lowest BCUT2D eigenvalue weighted by Crippen LogP contribution is -2.80. The number of ketones is 1. The number of carbonyl (C=O) groups excluding carboxylic acids is 3. The van der Waals surface area contributed by atoms with Crippen LogP contribution in [0.1, 0.15) is 85.8 Å². The fourth-order valence-corrected chi connectivity index (χ4v) is 9.10. The Balaban J connectivity index is 1.58. The van der Waals surface area contributed by atoms with Gasteiger partial charge in [-0.2, -0.15) is 0 Å². The molecule has 2 saturated carbocycles. The van der Waals surface area contributed by atoms with Crippen molar-refractivity contribution in [3.05, 3.63) is 71.0 Å². The molecule has 0 spiro atoms. The van der Waals surface area contributed by atoms with E-state index in [1.807, 2.05) is 20.8 Å². The summed E-state index contributed by atoms with van der Waals surface area (Å²) in [5.41, 5.74) is -0.716. The lowest BCUT2D eigenvalue weighted by atomic mass is 9.45. The van der Waals surface area contributed by atoms with Crippen LogP contribution >= 0.6 is 0 Å². The molecule has 0 aromatic heterocycles. The van der Waals surface area contributed by atoms with Gasteiger partial charge in [-0.15, -0.1) is 0 Å². The van der Waals surface area contributed by atoms with E-state index in [4.69, 9.17) is 19.0 Å². The van der Waals surface area contributed by atoms with Crippen molar-refractivity contribution in [3.63, 3.8) is 0 Å². The van der Waals surface area contributed by atoms with E-state index in [9.17, 15) is 29.7 Å². The van der Waals surface area contributed by atoms with Crippen LogP contribution in [0.25, 0.3) is 0 Å². The average Bonchev–Trinajstić information content (AvgIpc) is 3.08. The molecule has 280 valence electrons. The molecule has 5 rings (SSSR count). The molecule has 3 fully saturated rings. The van der Waals surface area contributed by atoms with E-state index in [-0.39, 0.29) is 31.7 Å². The van der Waals surface area contributed by atoms with Crippen LogP contribution in [0.3, 0.4) is 0 Å². The quantitative estimate of drug-likeness (QED) is 0.0748. The first-order valence-corrected chi connectivity index (χ1v) is 17.8. The molecule has 51 heavy (non-hydrogen) atoms. The molecule has 1 heterocycles. The van der Waals surface area contributed by atoms with Gasteiger partial charge in [0.1, 0.15) is 29.7 Å². The summed E-state index contributed by atoms with van der Waals surface area (Å²) in [5.74, 6) is -2.28. The maximum atomic E-state index is 14.7. The van der Waals surface area contributed by atoms with E-state index in [2.05, 4.69) is 17.4 Å². The zero-order chi connectivity index (χ0) is 37.7. The Hall–Kier alpha value is -3.39. The first kappa shape index (κ1) is 38.8. The number of fused-ring (bicyclic) bond motifs is 5. The number of allylic oxidation sites excluding steroid dienone is 2. The number of rotatable bonds is 11. The predicted octanol–water partition coefficient (Wildman–Crippen LogP) is 3.52. The van der Waals surface area contributed by atoms with Gasteiger partial charge in [0.25, 0.3) is 0 Å². The number of hydrogen-bond donors (Lipinski definition) is 5. The third kappa shape index (κ3) is 6.17. The number of hydrogen-bond acceptors (Lipinski definition) is 11. The summed E-state index contributed by atoms with van der Waals surface area (Å²) in [6.07, 6.45) is -3.90. The van der Waals surface area contributed by atoms with Gasteiger partial charge >= 0.3 is 5.97 Å². The van der Waals surface area contributed by atoms with E-state index < -0.39 is 76.4 Å². The Bertz CT molecular complexity index is 1610. The maximum absolute atomic E-state index is 14.7. The summed E-state index contributed by atoms with van der Waals surface area (Å²) in [6.45, 7) is 16.4. The van der Waals surface area contributed by atoms with Crippen molar-refractivity contribution in [2.75, 3.05) is 13.7 Å². The van der Waals surface area contributed by atoms with Crippen LogP contribution in [0.4, 0.5) is 0 Å². The minimum Gasteiger partial charge on any atom is -0.487 e. The molecule has 12 nitrogen and oxygen atoms in total. The number of ether oxygens (including phenoxy) is 3. The molecule has 12 heteroatoms. The molecule has 1 amide bonds. The normalized spacial score (nSPS) is 35.5. The van der Waals surface area contributed by atoms with E-state index in [1.165, 1.54) is 0 Å². The van der Waals surface area contributed by atoms with Crippen LogP contribution in [0, 0.1) is 16.7 Å². The van der Waals surface area contributed by atoms with Gasteiger partial charge < -0.3 is 34.8 Å². The fraction of sp³-hybridized carbons (Fsp3) is 0.615. The Morgan fingerprint density at radius 3 is 2.41 bits per heavy atom. The third-order valence-electron chi connectivity index (χ3n) is 12.3. The Labute approximate surface area is 300 Å². The van der Waals surface area contributed by atoms with Gasteiger partial charge in [-0.1, -0.05) is 69.3 Å². The van der Waals surface area contributed by atoms with Gasteiger partial charge in [0.15, 0.2) is 11.7 Å². The van der Waals surface area contributed by atoms with Gasteiger partial charge in [-0.3, -0.25) is 14.4 Å². The number of benzene rings is 1. The number of aliphatic hydroxyl groups excluding tert-OH is 2. The lowest BCUT2D eigenvalue weighted by Gasteiger charge is -2.67. The Kier molecular flexibility index (Phi) is 10.8. The molecule has 1 aromatic rings. The number of nitrogens with one attached hydrogen (secondary N) is 2. The maximum Gasteiger partial charge on any atom is 0.338 e. The number of aliphatic hydroxyl groups is 3. The van der Waals surface area contributed by atoms with Crippen molar-refractivity contribution in [3.8, 4) is 0 Å². The smallest absolute Gasteiger partial charge is 0.338 e. The second-order valence-electron chi connectivity index (χ2n) is 15.2. The molecule has 7 unspecified atom stereocenters. The van der Waals surface area contributed by atoms with Crippen LogP contribution < -0.4 is 10.8 Å². The minimum absolute atomic E-state index is 0.0801. The Morgan fingerprint density at radius 1 is 1.20 bits per heavy atom. The molecule has 1 aromatic carbocycles. The number of esters is 1. The molecule has 1 aliphatic heterocycles. The van der Waals surface area contributed by atoms with Crippen molar-refractivity contribution in [1.82, 2.24) is 10.8 Å². The largest absolute Gasteiger partial charge is 0.487 e. The topological polar surface area (TPSA) is 173 Å². The monoisotopic (exact) mass is 710 g/mol. The van der Waals surface area contributed by atoms with E-state index in [1.54, 1.807) is 71.2 Å². The highest BCUT2D eigenvalue weighted by molar-refractivity contribution is 5.94. The number of Topliss-reactive ketones (excluding diaryl/α,β-unsaturated/α-hetero) is 1. The summed E-state index contributed by atoms with van der Waals surface area (Å²) >= 11 is 0. The number of amides is 1. The van der Waals surface area contributed by atoms with Crippen molar-refractivity contribution in [2.24, 2.45) is 16.7 Å². The summed E-state index contributed by atoms with van der Waals surface area (Å²) in [6, 6.07) is 7.50. The van der Waals surface area contributed by atoms with Crippen LogP contribution in [0.5, 0.6) is 0 Å². The zero-order valence-electron chi connectivity index (χ0n) is 30.9. The number of hydroxylamine groups is 1. The highest BCUT2D eigenvalue weighted by Gasteiger charge is 2.76. The molecular weight excluding hydrogens is 656 g/mol. The first-order chi connectivity index (χ1) is 23.9. The second kappa shape index (κ2) is 14.2. The first-order valence-electron chi connectivity index (χ1n) is 17.8. The lowest BCUT2D eigenvalue weighted by molar-refractivity contribution is -0.355. The minimum atomic E-state index is -1.83. The van der Waals surface area contributed by atoms with Gasteiger partial charge in [0.2, 0.25) is 5.91 Å². The molecule has 3 aliphatic carbocycles. The molecule has 0 radical (unpaired) electrons. The van der Waals surface area contributed by atoms with Crippen LogP contribution in [-0.4, -0.2) is 88.4 Å². The van der Waals surface area contributed by atoms with Crippen LogP contribution in [-0.2, 0) is 33.4 Å². The molecule has 1 saturated heterocycles. The van der Waals surface area contributed by atoms with E-state index in [0.29, 0.717) is 34.5 Å². The van der Waals surface area contributed by atoms with E-state index >= 15 is 0 Å². The molecule has 10 atom stereocenters. The van der Waals surface area contributed by atoms with Crippen LogP contribution in [0.2, 0.25) is 0 Å². The average molecular weight is 711 g/mol. The summed E-state index contributed by atoms with van der Waals surface area (Å²) < 4.78 is 18.4. The molecule has 2 bridgehead atoms. The molecule has 5 N–H and O–H groups in total. The van der Waals surface area contributed by atoms with Crippen molar-refractivity contribution in [1.29, 1.82) is 0 Å². The number of carbonyl (C=O) groups is 3. The van der Waals surface area contributed by atoms with Gasteiger partial charge in [0.05, 0.1) is 29.9 Å². The zero-order valence-corrected chi connectivity index (χ0v) is 30.9. The van der Waals surface area contributed by atoms with Crippen molar-refractivity contribution < 1.29 is 48.8 Å². The van der Waals surface area contributed by atoms with Crippen LogP contribution in [0.15, 0.2) is 65.5 Å².